The molecule has 110 valence electrons. The smallest absolute Gasteiger partial charge is 0.319 e. The van der Waals surface area contributed by atoms with Crippen molar-refractivity contribution in [2.24, 2.45) is 5.92 Å². The molecular formula is C15H16N2O4. The maximum absolute atomic E-state index is 11.8. The third kappa shape index (κ3) is 3.92. The van der Waals surface area contributed by atoms with E-state index in [1.54, 1.807) is 36.4 Å². The summed E-state index contributed by atoms with van der Waals surface area (Å²) in [5.74, 6) is -1.54. The maximum atomic E-state index is 11.8. The van der Waals surface area contributed by atoms with Gasteiger partial charge in [-0.1, -0.05) is 24.3 Å². The van der Waals surface area contributed by atoms with Gasteiger partial charge in [-0.05, 0) is 25.5 Å². The van der Waals surface area contributed by atoms with Gasteiger partial charge in [0.15, 0.2) is 5.78 Å². The Hall–Kier alpha value is -2.63. The lowest BCUT2D eigenvalue weighted by atomic mass is 10.1. The van der Waals surface area contributed by atoms with Crippen molar-refractivity contribution in [1.29, 1.82) is 0 Å². The van der Waals surface area contributed by atoms with Gasteiger partial charge in [0.1, 0.15) is 0 Å². The lowest BCUT2D eigenvalue weighted by Crippen LogP contribution is -2.36. The predicted molar refractivity (Wildman–Crippen MR) is 77.3 cm³/mol. The van der Waals surface area contributed by atoms with Gasteiger partial charge in [0.05, 0.1) is 12.0 Å². The van der Waals surface area contributed by atoms with Crippen molar-refractivity contribution in [3.8, 4) is 0 Å². The van der Waals surface area contributed by atoms with Crippen molar-refractivity contribution in [3.05, 3.63) is 42.0 Å². The molecule has 0 radical (unpaired) electrons. The van der Waals surface area contributed by atoms with E-state index in [9.17, 15) is 14.4 Å². The molecule has 1 aliphatic carbocycles. The van der Waals surface area contributed by atoms with Gasteiger partial charge in [0, 0.05) is 11.3 Å². The number of aliphatic carboxylic acids is 1. The monoisotopic (exact) mass is 288 g/mol. The first-order chi connectivity index (χ1) is 9.95. The van der Waals surface area contributed by atoms with Crippen molar-refractivity contribution in [1.82, 2.24) is 5.32 Å². The van der Waals surface area contributed by atoms with Crippen LogP contribution in [-0.4, -0.2) is 28.9 Å². The molecule has 0 bridgehead atoms. The number of carboxylic acid groups (broad SMARTS) is 1. The quantitative estimate of drug-likeness (QED) is 0.583. The standard InChI is InChI=1S/C15H16N2O4/c1-9(18)10-3-2-4-12(7-10)16-15(21)17-13-6-5-11(8-13)14(19)20/h2-7,11,13H,8H2,1H3,(H,19,20)(H2,16,17,21). The molecule has 0 aromatic heterocycles. The van der Waals surface area contributed by atoms with E-state index in [0.717, 1.165) is 0 Å². The number of benzene rings is 1. The van der Waals surface area contributed by atoms with E-state index in [-0.39, 0.29) is 11.8 Å². The highest BCUT2D eigenvalue weighted by atomic mass is 16.4. The average molecular weight is 288 g/mol. The van der Waals surface area contributed by atoms with Crippen molar-refractivity contribution >= 4 is 23.5 Å². The topological polar surface area (TPSA) is 95.5 Å². The summed E-state index contributed by atoms with van der Waals surface area (Å²) >= 11 is 0. The zero-order chi connectivity index (χ0) is 15.4. The van der Waals surface area contributed by atoms with Crippen LogP contribution < -0.4 is 10.6 Å². The Balaban J connectivity index is 1.91. The number of carboxylic acids is 1. The fourth-order valence-corrected chi connectivity index (χ4v) is 2.14. The number of ketones is 1. The number of carbonyl (C=O) groups is 3. The number of anilines is 1. The molecule has 1 aromatic rings. The molecule has 0 fully saturated rings. The molecule has 0 heterocycles. The van der Waals surface area contributed by atoms with Crippen LogP contribution in [0.5, 0.6) is 0 Å². The second kappa shape index (κ2) is 6.21. The van der Waals surface area contributed by atoms with E-state index in [2.05, 4.69) is 10.6 Å². The largest absolute Gasteiger partial charge is 0.481 e. The van der Waals surface area contributed by atoms with Crippen LogP contribution in [0.3, 0.4) is 0 Å². The lowest BCUT2D eigenvalue weighted by Gasteiger charge is -2.13. The van der Waals surface area contributed by atoms with Gasteiger partial charge in [0.2, 0.25) is 0 Å². The van der Waals surface area contributed by atoms with Crippen molar-refractivity contribution < 1.29 is 19.5 Å². The van der Waals surface area contributed by atoms with Crippen LogP contribution in [0.25, 0.3) is 0 Å². The van der Waals surface area contributed by atoms with E-state index >= 15 is 0 Å². The molecule has 2 amide bonds. The number of amides is 2. The Morgan fingerprint density at radius 1 is 1.24 bits per heavy atom. The summed E-state index contributed by atoms with van der Waals surface area (Å²) < 4.78 is 0. The highest BCUT2D eigenvalue weighted by Gasteiger charge is 2.25. The fourth-order valence-electron chi connectivity index (χ4n) is 2.14. The van der Waals surface area contributed by atoms with Gasteiger partial charge in [-0.3, -0.25) is 9.59 Å². The molecule has 6 nitrogen and oxygen atoms in total. The molecule has 21 heavy (non-hydrogen) atoms. The third-order valence-corrected chi connectivity index (χ3v) is 3.24. The molecule has 1 aromatic carbocycles. The predicted octanol–water partition coefficient (Wildman–Crippen LogP) is 2.04. The second-order valence-corrected chi connectivity index (χ2v) is 4.91. The van der Waals surface area contributed by atoms with Gasteiger partial charge < -0.3 is 15.7 Å². The summed E-state index contributed by atoms with van der Waals surface area (Å²) in [5.41, 5.74) is 1.02. The van der Waals surface area contributed by atoms with Gasteiger partial charge in [-0.2, -0.15) is 0 Å². The van der Waals surface area contributed by atoms with E-state index in [1.165, 1.54) is 6.92 Å². The first-order valence-corrected chi connectivity index (χ1v) is 6.55. The summed E-state index contributed by atoms with van der Waals surface area (Å²) in [5, 5.41) is 14.2. The van der Waals surface area contributed by atoms with E-state index in [0.29, 0.717) is 17.7 Å². The number of hydrogen-bond donors (Lipinski definition) is 3. The Labute approximate surface area is 121 Å². The Morgan fingerprint density at radius 3 is 2.62 bits per heavy atom. The molecule has 2 unspecified atom stereocenters. The number of rotatable bonds is 4. The number of nitrogens with one attached hydrogen (secondary N) is 2. The lowest BCUT2D eigenvalue weighted by molar-refractivity contribution is -0.140. The maximum Gasteiger partial charge on any atom is 0.319 e. The molecule has 0 saturated heterocycles. The summed E-state index contributed by atoms with van der Waals surface area (Å²) in [6, 6.07) is 5.88. The normalized spacial score (nSPS) is 20.0. The molecule has 2 atom stereocenters. The molecular weight excluding hydrogens is 272 g/mol. The Bertz CT molecular complexity index is 609. The molecule has 0 saturated carbocycles. The van der Waals surface area contributed by atoms with Crippen LogP contribution >= 0.6 is 0 Å². The first-order valence-electron chi connectivity index (χ1n) is 6.55. The SMILES string of the molecule is CC(=O)c1cccc(NC(=O)NC2C=CC(C(=O)O)C2)c1. The first kappa shape index (κ1) is 14.8. The van der Waals surface area contributed by atoms with Crippen molar-refractivity contribution in [2.45, 2.75) is 19.4 Å². The zero-order valence-corrected chi connectivity index (χ0v) is 11.5. The Morgan fingerprint density at radius 2 is 2.00 bits per heavy atom. The van der Waals surface area contributed by atoms with E-state index < -0.39 is 17.9 Å². The molecule has 6 heteroatoms. The minimum atomic E-state index is -0.898. The number of urea groups is 1. The summed E-state index contributed by atoms with van der Waals surface area (Å²) in [4.78, 5) is 33.9. The van der Waals surface area contributed by atoms with Crippen LogP contribution in [0, 0.1) is 5.92 Å². The fraction of sp³-hybridized carbons (Fsp3) is 0.267. The number of Topliss-reactive ketones (excluding diaryl/α,β-unsaturated/α-hetero) is 1. The van der Waals surface area contributed by atoms with Gasteiger partial charge in [-0.15, -0.1) is 0 Å². The number of carbonyl (C=O) groups excluding carboxylic acids is 2. The average Bonchev–Trinajstić information content (AvgIpc) is 2.87. The third-order valence-electron chi connectivity index (χ3n) is 3.24. The molecule has 0 spiro atoms. The molecule has 2 rings (SSSR count). The van der Waals surface area contributed by atoms with Crippen LogP contribution in [0.1, 0.15) is 23.7 Å². The van der Waals surface area contributed by atoms with Crippen LogP contribution in [0.15, 0.2) is 36.4 Å². The van der Waals surface area contributed by atoms with Gasteiger partial charge in [0.25, 0.3) is 0 Å². The van der Waals surface area contributed by atoms with E-state index in [1.807, 2.05) is 0 Å². The van der Waals surface area contributed by atoms with Crippen molar-refractivity contribution in [3.63, 3.8) is 0 Å². The minimum Gasteiger partial charge on any atom is -0.481 e. The van der Waals surface area contributed by atoms with Gasteiger partial charge in [-0.25, -0.2) is 4.79 Å². The van der Waals surface area contributed by atoms with E-state index in [4.69, 9.17) is 5.11 Å². The van der Waals surface area contributed by atoms with Crippen LogP contribution in [0.2, 0.25) is 0 Å². The van der Waals surface area contributed by atoms with Crippen LogP contribution in [-0.2, 0) is 4.79 Å². The molecule has 1 aliphatic rings. The minimum absolute atomic E-state index is 0.0814. The summed E-state index contributed by atoms with van der Waals surface area (Å²) in [6.07, 6.45) is 3.59. The molecule has 0 aliphatic heterocycles. The second-order valence-electron chi connectivity index (χ2n) is 4.91. The van der Waals surface area contributed by atoms with Crippen LogP contribution in [0.4, 0.5) is 10.5 Å². The Kier molecular flexibility index (Phi) is 4.37. The zero-order valence-electron chi connectivity index (χ0n) is 11.5. The highest BCUT2D eigenvalue weighted by molar-refractivity contribution is 5.96. The number of hydrogen-bond acceptors (Lipinski definition) is 3. The van der Waals surface area contributed by atoms with Gasteiger partial charge >= 0.3 is 12.0 Å². The molecule has 3 N–H and O–H groups in total. The summed E-state index contributed by atoms with van der Waals surface area (Å²) in [6.45, 7) is 1.45. The summed E-state index contributed by atoms with van der Waals surface area (Å²) in [7, 11) is 0. The van der Waals surface area contributed by atoms with Crippen molar-refractivity contribution in [2.75, 3.05) is 5.32 Å². The highest BCUT2D eigenvalue weighted by Crippen LogP contribution is 2.18.